The Kier molecular flexibility index (Phi) is 5.56. The highest BCUT2D eigenvalue weighted by Gasteiger charge is 2.31. The number of nitrogens with one attached hydrogen (secondary N) is 1. The van der Waals surface area contributed by atoms with Crippen molar-refractivity contribution in [3.05, 3.63) is 53.6 Å². The summed E-state index contributed by atoms with van der Waals surface area (Å²) in [6.45, 7) is 5.43. The van der Waals surface area contributed by atoms with Crippen molar-refractivity contribution < 1.29 is 27.4 Å². The number of carbonyl (C=O) groups excluding carboxylic acids is 1. The number of ether oxygens (including phenoxy) is 2. The average Bonchev–Trinajstić information content (AvgIpc) is 2.50. The number of halogens is 3. The Morgan fingerprint density at radius 3 is 2.28 bits per heavy atom. The summed E-state index contributed by atoms with van der Waals surface area (Å²) in [7, 11) is 0. The Balaban J connectivity index is 1.96. The van der Waals surface area contributed by atoms with Gasteiger partial charge in [-0.2, -0.15) is 0 Å². The van der Waals surface area contributed by atoms with E-state index in [4.69, 9.17) is 4.74 Å². The molecule has 0 aliphatic heterocycles. The standard InChI is InChI=1S/C18H18F3NO3/c1-11-4-9-16(12(2)10-11)24-13(3)17(23)22-14-5-7-15(8-6-14)25-18(19,20)21/h4-10,13H,1-3H3,(H,22,23)/t13-/m1/s1. The summed E-state index contributed by atoms with van der Waals surface area (Å²) in [5.74, 6) is -0.170. The minimum Gasteiger partial charge on any atom is -0.481 e. The number of amides is 1. The van der Waals surface area contributed by atoms with E-state index in [0.717, 1.165) is 23.3 Å². The fourth-order valence-corrected chi connectivity index (χ4v) is 2.16. The highest BCUT2D eigenvalue weighted by Crippen LogP contribution is 2.24. The molecule has 2 aromatic carbocycles. The van der Waals surface area contributed by atoms with Crippen LogP contribution in [-0.2, 0) is 4.79 Å². The fraction of sp³-hybridized carbons (Fsp3) is 0.278. The molecule has 0 fully saturated rings. The number of carbonyl (C=O) groups is 1. The summed E-state index contributed by atoms with van der Waals surface area (Å²) in [4.78, 5) is 12.2. The number of rotatable bonds is 5. The molecule has 0 aliphatic rings. The monoisotopic (exact) mass is 353 g/mol. The molecule has 0 saturated carbocycles. The van der Waals surface area contributed by atoms with Gasteiger partial charge in [0.15, 0.2) is 6.10 Å². The maximum atomic E-state index is 12.2. The van der Waals surface area contributed by atoms with Crippen molar-refractivity contribution >= 4 is 11.6 Å². The summed E-state index contributed by atoms with van der Waals surface area (Å²) in [5, 5.41) is 2.58. The second kappa shape index (κ2) is 7.46. The molecular weight excluding hydrogens is 335 g/mol. The first-order valence-electron chi connectivity index (χ1n) is 7.54. The second-order valence-electron chi connectivity index (χ2n) is 5.59. The largest absolute Gasteiger partial charge is 0.573 e. The van der Waals surface area contributed by atoms with Crippen molar-refractivity contribution in [3.8, 4) is 11.5 Å². The molecule has 1 amide bonds. The highest BCUT2D eigenvalue weighted by molar-refractivity contribution is 5.94. The van der Waals surface area contributed by atoms with Gasteiger partial charge in [0, 0.05) is 5.69 Å². The van der Waals surface area contributed by atoms with Crippen LogP contribution in [0.25, 0.3) is 0 Å². The third-order valence-electron chi connectivity index (χ3n) is 3.36. The number of alkyl halides is 3. The first kappa shape index (κ1) is 18.6. The van der Waals surface area contributed by atoms with Gasteiger partial charge < -0.3 is 14.8 Å². The van der Waals surface area contributed by atoms with Crippen LogP contribution in [0.2, 0.25) is 0 Å². The predicted molar refractivity (Wildman–Crippen MR) is 87.8 cm³/mol. The number of hydrogen-bond donors (Lipinski definition) is 1. The molecule has 0 saturated heterocycles. The molecule has 25 heavy (non-hydrogen) atoms. The molecule has 0 bridgehead atoms. The average molecular weight is 353 g/mol. The van der Waals surface area contributed by atoms with Crippen LogP contribution in [0.3, 0.4) is 0 Å². The Morgan fingerprint density at radius 1 is 1.08 bits per heavy atom. The van der Waals surface area contributed by atoms with Crippen LogP contribution in [-0.4, -0.2) is 18.4 Å². The van der Waals surface area contributed by atoms with Crippen molar-refractivity contribution in [3.63, 3.8) is 0 Å². The molecule has 7 heteroatoms. The lowest BCUT2D eigenvalue weighted by atomic mass is 10.1. The first-order valence-corrected chi connectivity index (χ1v) is 7.54. The number of benzene rings is 2. The topological polar surface area (TPSA) is 47.6 Å². The van der Waals surface area contributed by atoms with E-state index in [-0.39, 0.29) is 5.75 Å². The fourth-order valence-electron chi connectivity index (χ4n) is 2.16. The Labute approximate surface area is 143 Å². The van der Waals surface area contributed by atoms with E-state index in [1.54, 1.807) is 13.0 Å². The van der Waals surface area contributed by atoms with Gasteiger partial charge in [0.05, 0.1) is 0 Å². The number of aryl methyl sites for hydroxylation is 2. The van der Waals surface area contributed by atoms with Gasteiger partial charge in [0.2, 0.25) is 0 Å². The molecule has 4 nitrogen and oxygen atoms in total. The van der Waals surface area contributed by atoms with Crippen LogP contribution in [0.4, 0.5) is 18.9 Å². The zero-order chi connectivity index (χ0) is 18.6. The van der Waals surface area contributed by atoms with Crippen LogP contribution in [0.1, 0.15) is 18.1 Å². The molecule has 0 aliphatic carbocycles. The zero-order valence-corrected chi connectivity index (χ0v) is 14.0. The van der Waals surface area contributed by atoms with Gasteiger partial charge in [-0.25, -0.2) is 0 Å². The molecule has 2 aromatic rings. The summed E-state index contributed by atoms with van der Waals surface area (Å²) in [5.41, 5.74) is 2.34. The first-order chi connectivity index (χ1) is 11.6. The molecule has 0 radical (unpaired) electrons. The molecule has 0 spiro atoms. The smallest absolute Gasteiger partial charge is 0.481 e. The van der Waals surface area contributed by atoms with Crippen molar-refractivity contribution in [2.24, 2.45) is 0 Å². The van der Waals surface area contributed by atoms with Crippen LogP contribution in [0.15, 0.2) is 42.5 Å². The van der Waals surface area contributed by atoms with Gasteiger partial charge in [0.1, 0.15) is 11.5 Å². The lowest BCUT2D eigenvalue weighted by Crippen LogP contribution is -2.30. The Morgan fingerprint density at radius 2 is 1.72 bits per heavy atom. The summed E-state index contributed by atoms with van der Waals surface area (Å²) < 4.78 is 45.8. The van der Waals surface area contributed by atoms with Crippen LogP contribution in [0.5, 0.6) is 11.5 Å². The van der Waals surface area contributed by atoms with E-state index in [9.17, 15) is 18.0 Å². The quantitative estimate of drug-likeness (QED) is 0.854. The van der Waals surface area contributed by atoms with Gasteiger partial charge in [-0.3, -0.25) is 4.79 Å². The lowest BCUT2D eigenvalue weighted by Gasteiger charge is -2.17. The summed E-state index contributed by atoms with van der Waals surface area (Å²) >= 11 is 0. The van der Waals surface area contributed by atoms with E-state index in [1.807, 2.05) is 26.0 Å². The molecular formula is C18H18F3NO3. The molecule has 0 aromatic heterocycles. The van der Waals surface area contributed by atoms with Crippen LogP contribution in [0, 0.1) is 13.8 Å². The van der Waals surface area contributed by atoms with Gasteiger partial charge >= 0.3 is 6.36 Å². The molecule has 0 heterocycles. The molecule has 1 atom stereocenters. The Hall–Kier alpha value is -2.70. The van der Waals surface area contributed by atoms with Crippen LogP contribution < -0.4 is 14.8 Å². The van der Waals surface area contributed by atoms with Crippen molar-refractivity contribution in [1.29, 1.82) is 0 Å². The minimum atomic E-state index is -4.75. The third-order valence-corrected chi connectivity index (χ3v) is 3.36. The molecule has 134 valence electrons. The van der Waals surface area contributed by atoms with Crippen molar-refractivity contribution in [1.82, 2.24) is 0 Å². The number of anilines is 1. The highest BCUT2D eigenvalue weighted by atomic mass is 19.4. The maximum absolute atomic E-state index is 12.2. The van der Waals surface area contributed by atoms with Crippen LogP contribution >= 0.6 is 0 Å². The predicted octanol–water partition coefficient (Wildman–Crippen LogP) is 4.61. The van der Waals surface area contributed by atoms with Crippen molar-refractivity contribution in [2.45, 2.75) is 33.2 Å². The maximum Gasteiger partial charge on any atom is 0.573 e. The molecule has 0 unspecified atom stereocenters. The van der Waals surface area contributed by atoms with E-state index in [0.29, 0.717) is 11.4 Å². The Bertz CT molecular complexity index is 742. The van der Waals surface area contributed by atoms with Gasteiger partial charge in [-0.05, 0) is 56.7 Å². The van der Waals surface area contributed by atoms with Gasteiger partial charge in [-0.1, -0.05) is 17.7 Å². The lowest BCUT2D eigenvalue weighted by molar-refractivity contribution is -0.274. The second-order valence-corrected chi connectivity index (χ2v) is 5.59. The van der Waals surface area contributed by atoms with Gasteiger partial charge in [0.25, 0.3) is 5.91 Å². The normalized spacial score (nSPS) is 12.4. The minimum absolute atomic E-state index is 0.343. The molecule has 1 N–H and O–H groups in total. The van der Waals surface area contributed by atoms with Gasteiger partial charge in [-0.15, -0.1) is 13.2 Å². The van der Waals surface area contributed by atoms with E-state index in [1.165, 1.54) is 12.1 Å². The van der Waals surface area contributed by atoms with E-state index in [2.05, 4.69) is 10.1 Å². The number of hydrogen-bond acceptors (Lipinski definition) is 3. The third kappa shape index (κ3) is 5.70. The van der Waals surface area contributed by atoms with Crippen molar-refractivity contribution in [2.75, 3.05) is 5.32 Å². The SMILES string of the molecule is Cc1ccc(O[C@H](C)C(=O)Nc2ccc(OC(F)(F)F)cc2)c(C)c1. The zero-order valence-electron chi connectivity index (χ0n) is 14.0. The van der Waals surface area contributed by atoms with E-state index < -0.39 is 18.4 Å². The summed E-state index contributed by atoms with van der Waals surface area (Å²) in [6.07, 6.45) is -5.52. The van der Waals surface area contributed by atoms with E-state index >= 15 is 0 Å². The molecule has 2 rings (SSSR count). The summed E-state index contributed by atoms with van der Waals surface area (Å²) in [6, 6.07) is 10.5.